The van der Waals surface area contributed by atoms with Gasteiger partial charge in [0.2, 0.25) is 5.82 Å². The lowest BCUT2D eigenvalue weighted by Crippen LogP contribution is -2.14. The minimum atomic E-state index is -1.95. The average Bonchev–Trinajstić information content (AvgIpc) is 2.62. The quantitative estimate of drug-likeness (QED) is 0.106. The molecule has 0 fully saturated rings. The SMILES string of the molecule is CCCCN=CC(C(=O)OCC)=C(O)c1c(F)c(C)c(F)c(F)c1[N+](=O)[O-]. The van der Waals surface area contributed by atoms with E-state index >= 15 is 0 Å². The number of ether oxygens (including phenoxy) is 1. The number of unbranched alkanes of at least 4 members (excludes halogenated alkanes) is 1. The first-order chi connectivity index (χ1) is 12.7. The number of aliphatic hydroxyl groups excluding tert-OH is 1. The van der Waals surface area contributed by atoms with E-state index in [1.54, 1.807) is 0 Å². The van der Waals surface area contributed by atoms with Crippen LogP contribution in [0.1, 0.15) is 37.8 Å². The first-order valence-corrected chi connectivity index (χ1v) is 8.10. The van der Waals surface area contributed by atoms with E-state index in [1.165, 1.54) is 6.92 Å². The molecule has 27 heavy (non-hydrogen) atoms. The monoisotopic (exact) mass is 388 g/mol. The Balaban J connectivity index is 3.76. The molecule has 0 atom stereocenters. The number of hydrogen-bond donors (Lipinski definition) is 1. The van der Waals surface area contributed by atoms with Gasteiger partial charge in [0.05, 0.1) is 11.5 Å². The molecule has 10 heteroatoms. The van der Waals surface area contributed by atoms with E-state index in [0.29, 0.717) is 6.42 Å². The summed E-state index contributed by atoms with van der Waals surface area (Å²) in [6.07, 6.45) is 2.29. The van der Waals surface area contributed by atoms with Gasteiger partial charge >= 0.3 is 11.7 Å². The second-order valence-electron chi connectivity index (χ2n) is 5.42. The van der Waals surface area contributed by atoms with E-state index in [2.05, 4.69) is 4.99 Å². The molecule has 1 rings (SSSR count). The molecule has 7 nitrogen and oxygen atoms in total. The highest BCUT2D eigenvalue weighted by Gasteiger charge is 2.35. The van der Waals surface area contributed by atoms with Gasteiger partial charge in [-0.05, 0) is 20.3 Å². The van der Waals surface area contributed by atoms with Gasteiger partial charge in [0, 0.05) is 18.3 Å². The second kappa shape index (κ2) is 9.70. The number of halogens is 3. The molecule has 0 amide bonds. The van der Waals surface area contributed by atoms with Gasteiger partial charge in [0.1, 0.15) is 22.7 Å². The summed E-state index contributed by atoms with van der Waals surface area (Å²) in [5.74, 6) is -7.69. The van der Waals surface area contributed by atoms with Crippen LogP contribution in [0.3, 0.4) is 0 Å². The molecule has 0 aliphatic rings. The molecule has 1 aromatic carbocycles. The van der Waals surface area contributed by atoms with Crippen LogP contribution in [-0.2, 0) is 9.53 Å². The van der Waals surface area contributed by atoms with Crippen molar-refractivity contribution in [3.63, 3.8) is 0 Å². The van der Waals surface area contributed by atoms with E-state index in [1.807, 2.05) is 6.92 Å². The number of aliphatic hydroxyl groups is 1. The fourth-order valence-corrected chi connectivity index (χ4v) is 2.11. The Kier molecular flexibility index (Phi) is 7.95. The summed E-state index contributed by atoms with van der Waals surface area (Å²) in [6, 6.07) is 0. The zero-order valence-electron chi connectivity index (χ0n) is 15.0. The molecule has 148 valence electrons. The van der Waals surface area contributed by atoms with Gasteiger partial charge in [0.15, 0.2) is 5.82 Å². The van der Waals surface area contributed by atoms with Crippen molar-refractivity contribution in [1.82, 2.24) is 0 Å². The molecule has 0 aromatic heterocycles. The van der Waals surface area contributed by atoms with Crippen LogP contribution in [0.25, 0.3) is 5.76 Å². The summed E-state index contributed by atoms with van der Waals surface area (Å²) >= 11 is 0. The lowest BCUT2D eigenvalue weighted by atomic mass is 10.0. The van der Waals surface area contributed by atoms with Crippen LogP contribution in [0.2, 0.25) is 0 Å². The molecular formula is C17H19F3N2O5. The summed E-state index contributed by atoms with van der Waals surface area (Å²) in [7, 11) is 0. The fourth-order valence-electron chi connectivity index (χ4n) is 2.11. The molecule has 0 spiro atoms. The molecule has 0 unspecified atom stereocenters. The summed E-state index contributed by atoms with van der Waals surface area (Å²) < 4.78 is 46.9. The third-order valence-corrected chi connectivity index (χ3v) is 3.55. The third-order valence-electron chi connectivity index (χ3n) is 3.55. The van der Waals surface area contributed by atoms with Crippen LogP contribution in [0.4, 0.5) is 18.9 Å². The number of esters is 1. The maximum atomic E-state index is 14.5. The molecular weight excluding hydrogens is 369 g/mol. The lowest BCUT2D eigenvalue weighted by Gasteiger charge is -2.11. The summed E-state index contributed by atoms with van der Waals surface area (Å²) in [4.78, 5) is 25.7. The Morgan fingerprint density at radius 3 is 2.41 bits per heavy atom. The van der Waals surface area contributed by atoms with Crippen molar-refractivity contribution in [2.75, 3.05) is 13.2 Å². The molecule has 0 heterocycles. The molecule has 0 radical (unpaired) electrons. The Bertz CT molecular complexity index is 806. The first-order valence-electron chi connectivity index (χ1n) is 8.10. The summed E-state index contributed by atoms with van der Waals surface area (Å²) in [5, 5.41) is 21.5. The highest BCUT2D eigenvalue weighted by Crippen LogP contribution is 2.35. The predicted octanol–water partition coefficient (Wildman–Crippen LogP) is 4.02. The normalized spacial score (nSPS) is 12.2. The highest BCUT2D eigenvalue weighted by atomic mass is 19.2. The minimum absolute atomic E-state index is 0.111. The van der Waals surface area contributed by atoms with Crippen LogP contribution < -0.4 is 0 Å². The van der Waals surface area contributed by atoms with Crippen LogP contribution >= 0.6 is 0 Å². The number of rotatable bonds is 8. The molecule has 0 saturated heterocycles. The van der Waals surface area contributed by atoms with Crippen molar-refractivity contribution < 1.29 is 32.7 Å². The standard InChI is InChI=1S/C17H19F3N2O5/c1-4-6-7-21-8-10(17(24)27-5-2)16(23)11-12(18)9(3)13(19)14(20)15(11)22(25)26/h8,23H,4-7H2,1-3H3. The number of nitro groups is 1. The molecule has 0 saturated carbocycles. The van der Waals surface area contributed by atoms with Crippen molar-refractivity contribution in [3.8, 4) is 0 Å². The van der Waals surface area contributed by atoms with Crippen LogP contribution in [0.15, 0.2) is 10.6 Å². The number of carbonyl (C=O) groups is 1. The zero-order valence-corrected chi connectivity index (χ0v) is 15.0. The number of nitro benzene ring substituents is 1. The Morgan fingerprint density at radius 1 is 1.26 bits per heavy atom. The summed E-state index contributed by atoms with van der Waals surface area (Å²) in [6.45, 7) is 4.34. The van der Waals surface area contributed by atoms with E-state index in [-0.39, 0.29) is 13.2 Å². The number of benzene rings is 1. The Hall–Kier alpha value is -2.91. The number of aliphatic imine (C=N–C) groups is 1. The Labute approximate surface area is 153 Å². The largest absolute Gasteiger partial charge is 0.506 e. The predicted molar refractivity (Wildman–Crippen MR) is 92.2 cm³/mol. The molecule has 0 aliphatic carbocycles. The molecule has 1 aromatic rings. The zero-order chi connectivity index (χ0) is 20.7. The van der Waals surface area contributed by atoms with Gasteiger partial charge < -0.3 is 9.84 Å². The maximum absolute atomic E-state index is 14.5. The van der Waals surface area contributed by atoms with Gasteiger partial charge in [-0.1, -0.05) is 13.3 Å². The van der Waals surface area contributed by atoms with Crippen LogP contribution in [0.5, 0.6) is 0 Å². The smallest absolute Gasteiger partial charge is 0.343 e. The highest BCUT2D eigenvalue weighted by molar-refractivity contribution is 6.15. The second-order valence-corrected chi connectivity index (χ2v) is 5.42. The Morgan fingerprint density at radius 2 is 1.89 bits per heavy atom. The first kappa shape index (κ1) is 22.1. The van der Waals surface area contributed by atoms with Gasteiger partial charge in [-0.2, -0.15) is 4.39 Å². The molecule has 0 aliphatic heterocycles. The minimum Gasteiger partial charge on any atom is -0.506 e. The van der Waals surface area contributed by atoms with E-state index < -0.39 is 56.5 Å². The fraction of sp³-hybridized carbons (Fsp3) is 0.412. The van der Waals surface area contributed by atoms with Crippen molar-refractivity contribution >= 4 is 23.6 Å². The van der Waals surface area contributed by atoms with Gasteiger partial charge in [-0.3, -0.25) is 15.1 Å². The van der Waals surface area contributed by atoms with Crippen LogP contribution in [-0.4, -0.2) is 35.4 Å². The van der Waals surface area contributed by atoms with Crippen molar-refractivity contribution in [2.45, 2.75) is 33.6 Å². The van der Waals surface area contributed by atoms with Crippen LogP contribution in [0, 0.1) is 34.5 Å². The number of hydrogen-bond acceptors (Lipinski definition) is 6. The van der Waals surface area contributed by atoms with Crippen molar-refractivity contribution in [3.05, 3.63) is 44.3 Å². The van der Waals surface area contributed by atoms with Crippen molar-refractivity contribution in [2.24, 2.45) is 4.99 Å². The van der Waals surface area contributed by atoms with E-state index in [9.17, 15) is 33.2 Å². The van der Waals surface area contributed by atoms with Gasteiger partial charge in [-0.15, -0.1) is 0 Å². The number of carbonyl (C=O) groups excluding carboxylic acids is 1. The third kappa shape index (κ3) is 4.83. The lowest BCUT2D eigenvalue weighted by molar-refractivity contribution is -0.388. The van der Waals surface area contributed by atoms with Crippen molar-refractivity contribution in [1.29, 1.82) is 0 Å². The molecule has 0 bridgehead atoms. The van der Waals surface area contributed by atoms with Gasteiger partial charge in [0.25, 0.3) is 0 Å². The molecule has 1 N–H and O–H groups in total. The number of nitrogens with zero attached hydrogens (tertiary/aromatic N) is 2. The van der Waals surface area contributed by atoms with E-state index in [4.69, 9.17) is 4.74 Å². The maximum Gasteiger partial charge on any atom is 0.343 e. The van der Waals surface area contributed by atoms with E-state index in [0.717, 1.165) is 19.6 Å². The summed E-state index contributed by atoms with van der Waals surface area (Å²) in [5.41, 5.74) is -4.47. The topological polar surface area (TPSA) is 102 Å². The average molecular weight is 388 g/mol. The van der Waals surface area contributed by atoms with Gasteiger partial charge in [-0.25, -0.2) is 13.6 Å².